The number of hydrogen-bond acceptors (Lipinski definition) is 2. The van der Waals surface area contributed by atoms with Crippen LogP contribution < -0.4 is 5.32 Å². The second-order valence-corrected chi connectivity index (χ2v) is 4.85. The first-order valence-electron chi connectivity index (χ1n) is 5.45. The molecule has 0 spiro atoms. The van der Waals surface area contributed by atoms with Crippen LogP contribution in [-0.2, 0) is 19.8 Å². The Morgan fingerprint density at radius 2 is 2.05 bits per heavy atom. The smallest absolute Gasteiger partial charge is 0.378 e. The highest BCUT2D eigenvalue weighted by molar-refractivity contribution is 9.10. The Hall–Kier alpha value is -1.50. The van der Waals surface area contributed by atoms with E-state index in [2.05, 4.69) is 26.3 Å². The minimum atomic E-state index is -4.34. The highest BCUT2D eigenvalue weighted by atomic mass is 79.9. The first kappa shape index (κ1) is 13.9. The number of aromatic nitrogens is 2. The van der Waals surface area contributed by atoms with Crippen molar-refractivity contribution in [2.75, 3.05) is 5.32 Å². The van der Waals surface area contributed by atoms with Crippen molar-refractivity contribution < 1.29 is 13.2 Å². The van der Waals surface area contributed by atoms with Gasteiger partial charge < -0.3 is 5.32 Å². The topological polar surface area (TPSA) is 29.9 Å². The van der Waals surface area contributed by atoms with Crippen molar-refractivity contribution in [2.24, 2.45) is 7.05 Å². The van der Waals surface area contributed by atoms with Crippen LogP contribution in [0.5, 0.6) is 0 Å². The molecule has 0 aliphatic carbocycles. The number of benzene rings is 1. The van der Waals surface area contributed by atoms with Gasteiger partial charge in [-0.15, -0.1) is 0 Å². The summed E-state index contributed by atoms with van der Waals surface area (Å²) in [6, 6.07) is 5.31. The summed E-state index contributed by atoms with van der Waals surface area (Å²) < 4.78 is 40.1. The van der Waals surface area contributed by atoms with Crippen LogP contribution in [-0.4, -0.2) is 9.78 Å². The van der Waals surface area contributed by atoms with Gasteiger partial charge in [0.25, 0.3) is 0 Å². The molecule has 1 N–H and O–H groups in total. The second-order valence-electron chi connectivity index (χ2n) is 3.99. The fourth-order valence-corrected chi connectivity index (χ4v) is 1.98. The number of nitrogens with zero attached hydrogens (tertiary/aromatic N) is 2. The van der Waals surface area contributed by atoms with E-state index in [9.17, 15) is 13.2 Å². The minimum absolute atomic E-state index is 0.399. The second kappa shape index (κ2) is 5.24. The summed E-state index contributed by atoms with van der Waals surface area (Å²) >= 11 is 3.23. The molecule has 19 heavy (non-hydrogen) atoms. The molecule has 0 fully saturated rings. The zero-order valence-corrected chi connectivity index (χ0v) is 11.6. The lowest BCUT2D eigenvalue weighted by Gasteiger charge is -2.12. The molecule has 3 nitrogen and oxygen atoms in total. The molecule has 0 amide bonds. The number of hydrogen-bond donors (Lipinski definition) is 1. The summed E-state index contributed by atoms with van der Waals surface area (Å²) in [6.45, 7) is 0.399. The van der Waals surface area contributed by atoms with Crippen LogP contribution >= 0.6 is 15.9 Å². The van der Waals surface area contributed by atoms with Gasteiger partial charge in [-0.2, -0.15) is 18.3 Å². The van der Waals surface area contributed by atoms with Gasteiger partial charge in [0, 0.05) is 23.4 Å². The number of halogens is 4. The summed E-state index contributed by atoms with van der Waals surface area (Å²) in [5.74, 6) is 0. The average Bonchev–Trinajstić information content (AvgIpc) is 2.72. The molecule has 2 aromatic rings. The Morgan fingerprint density at radius 3 is 2.63 bits per heavy atom. The van der Waals surface area contributed by atoms with Gasteiger partial charge in [-0.1, -0.05) is 0 Å². The van der Waals surface area contributed by atoms with E-state index in [1.54, 1.807) is 24.0 Å². The largest absolute Gasteiger partial charge is 0.416 e. The summed E-state index contributed by atoms with van der Waals surface area (Å²) in [5.41, 5.74) is 0.601. The van der Waals surface area contributed by atoms with E-state index < -0.39 is 11.7 Å². The zero-order chi connectivity index (χ0) is 14.0. The van der Waals surface area contributed by atoms with Gasteiger partial charge in [0.05, 0.1) is 17.8 Å². The van der Waals surface area contributed by atoms with E-state index >= 15 is 0 Å². The summed E-state index contributed by atoms with van der Waals surface area (Å²) in [4.78, 5) is 0. The van der Waals surface area contributed by atoms with Crippen LogP contribution in [0.2, 0.25) is 0 Å². The summed E-state index contributed by atoms with van der Waals surface area (Å²) in [6.07, 6.45) is -2.71. The number of alkyl halides is 3. The molecule has 0 atom stereocenters. The van der Waals surface area contributed by atoms with Crippen molar-refractivity contribution in [1.29, 1.82) is 0 Å². The first-order chi connectivity index (χ1) is 8.88. The van der Waals surface area contributed by atoms with Crippen LogP contribution in [0.4, 0.5) is 18.9 Å². The zero-order valence-electron chi connectivity index (χ0n) is 10.0. The van der Waals surface area contributed by atoms with Crippen molar-refractivity contribution in [1.82, 2.24) is 9.78 Å². The molecule has 0 saturated carbocycles. The van der Waals surface area contributed by atoms with Crippen LogP contribution in [0.1, 0.15) is 11.3 Å². The maximum atomic E-state index is 12.6. The molecule has 102 valence electrons. The molecule has 0 bridgehead atoms. The number of rotatable bonds is 3. The van der Waals surface area contributed by atoms with Crippen molar-refractivity contribution in [2.45, 2.75) is 12.7 Å². The third-order valence-corrected chi connectivity index (χ3v) is 3.37. The molecule has 1 aromatic carbocycles. The van der Waals surface area contributed by atoms with E-state index in [4.69, 9.17) is 0 Å². The van der Waals surface area contributed by atoms with Crippen molar-refractivity contribution >= 4 is 21.6 Å². The third-order valence-electron chi connectivity index (χ3n) is 2.68. The predicted octanol–water partition coefficient (Wildman–Crippen LogP) is 3.81. The lowest BCUT2D eigenvalue weighted by Crippen LogP contribution is -2.08. The normalized spacial score (nSPS) is 11.6. The maximum absolute atomic E-state index is 12.6. The molecule has 0 aliphatic rings. The number of anilines is 1. The van der Waals surface area contributed by atoms with Gasteiger partial charge >= 0.3 is 6.18 Å². The fourth-order valence-electron chi connectivity index (χ4n) is 1.60. The van der Waals surface area contributed by atoms with Crippen LogP contribution in [0.25, 0.3) is 0 Å². The summed E-state index contributed by atoms with van der Waals surface area (Å²) in [5, 5.41) is 6.95. The monoisotopic (exact) mass is 333 g/mol. The Kier molecular flexibility index (Phi) is 3.84. The lowest BCUT2D eigenvalue weighted by atomic mass is 10.2. The third kappa shape index (κ3) is 3.28. The molecule has 0 radical (unpaired) electrons. The first-order valence-corrected chi connectivity index (χ1v) is 6.25. The van der Waals surface area contributed by atoms with Gasteiger partial charge in [-0.3, -0.25) is 4.68 Å². The van der Waals surface area contributed by atoms with E-state index in [1.165, 1.54) is 6.07 Å². The summed E-state index contributed by atoms with van der Waals surface area (Å²) in [7, 11) is 1.78. The molecule has 2 rings (SSSR count). The Bertz CT molecular complexity index is 578. The molecule has 7 heteroatoms. The van der Waals surface area contributed by atoms with Gasteiger partial charge in [-0.25, -0.2) is 0 Å². The highest BCUT2D eigenvalue weighted by Crippen LogP contribution is 2.34. The van der Waals surface area contributed by atoms with Gasteiger partial charge in [0.2, 0.25) is 0 Å². The Balaban J connectivity index is 2.18. The minimum Gasteiger partial charge on any atom is -0.378 e. The van der Waals surface area contributed by atoms with Gasteiger partial charge in [0.1, 0.15) is 0 Å². The Labute approximate surface area is 116 Å². The van der Waals surface area contributed by atoms with E-state index in [0.29, 0.717) is 16.7 Å². The van der Waals surface area contributed by atoms with Crippen molar-refractivity contribution in [3.63, 3.8) is 0 Å². The van der Waals surface area contributed by atoms with Gasteiger partial charge in [0.15, 0.2) is 0 Å². The number of nitrogens with one attached hydrogen (secondary N) is 1. The van der Waals surface area contributed by atoms with Gasteiger partial charge in [-0.05, 0) is 40.2 Å². The lowest BCUT2D eigenvalue weighted by molar-refractivity contribution is -0.137. The van der Waals surface area contributed by atoms with E-state index in [1.807, 2.05) is 0 Å². The molecular weight excluding hydrogens is 323 g/mol. The van der Waals surface area contributed by atoms with Crippen molar-refractivity contribution in [3.05, 3.63) is 46.2 Å². The standard InChI is InChI=1S/C12H11BrF3N3/c1-19-9(4-5-18-19)7-17-11-6-8(12(14,15)16)2-3-10(11)13/h2-6,17H,7H2,1H3. The fraction of sp³-hybridized carbons (Fsp3) is 0.250. The quantitative estimate of drug-likeness (QED) is 0.925. The molecular formula is C12H11BrF3N3. The highest BCUT2D eigenvalue weighted by Gasteiger charge is 2.30. The molecule has 1 heterocycles. The number of aryl methyl sites for hydroxylation is 1. The van der Waals surface area contributed by atoms with E-state index in [0.717, 1.165) is 17.8 Å². The van der Waals surface area contributed by atoms with Crippen LogP contribution in [0.15, 0.2) is 34.9 Å². The maximum Gasteiger partial charge on any atom is 0.416 e. The molecule has 0 saturated heterocycles. The molecule has 0 unspecified atom stereocenters. The predicted molar refractivity (Wildman–Crippen MR) is 69.7 cm³/mol. The molecule has 1 aromatic heterocycles. The average molecular weight is 334 g/mol. The molecule has 0 aliphatic heterocycles. The van der Waals surface area contributed by atoms with Crippen molar-refractivity contribution in [3.8, 4) is 0 Å². The van der Waals surface area contributed by atoms with Crippen LogP contribution in [0.3, 0.4) is 0 Å². The Morgan fingerprint density at radius 1 is 1.32 bits per heavy atom. The van der Waals surface area contributed by atoms with E-state index in [-0.39, 0.29) is 0 Å². The van der Waals surface area contributed by atoms with Crippen LogP contribution in [0, 0.1) is 0 Å². The SMILES string of the molecule is Cn1nccc1CNc1cc(C(F)(F)F)ccc1Br.